The number of rotatable bonds is 4. The summed E-state index contributed by atoms with van der Waals surface area (Å²) < 4.78 is 5.37. The third-order valence-corrected chi connectivity index (χ3v) is 5.18. The Bertz CT molecular complexity index is 690. The van der Waals surface area contributed by atoms with Crippen molar-refractivity contribution in [3.63, 3.8) is 0 Å². The van der Waals surface area contributed by atoms with Crippen LogP contribution >= 0.6 is 0 Å². The van der Waals surface area contributed by atoms with Crippen LogP contribution in [0.3, 0.4) is 0 Å². The average Bonchev–Trinajstić information content (AvgIpc) is 3.15. The molecule has 7 heteroatoms. The highest BCUT2D eigenvalue weighted by Crippen LogP contribution is 2.22. The lowest BCUT2D eigenvalue weighted by Gasteiger charge is -2.18. The first-order chi connectivity index (χ1) is 13.0. The van der Waals surface area contributed by atoms with Gasteiger partial charge in [-0.3, -0.25) is 9.59 Å². The molecule has 1 heterocycles. The molecular weight excluding hydrogens is 344 g/mol. The minimum atomic E-state index is -0.452. The topological polar surface area (TPSA) is 96.1 Å². The van der Waals surface area contributed by atoms with Crippen molar-refractivity contribution in [3.05, 3.63) is 23.7 Å². The molecule has 1 aromatic heterocycles. The van der Waals surface area contributed by atoms with Crippen molar-refractivity contribution >= 4 is 23.2 Å². The first-order valence-corrected chi connectivity index (χ1v) is 9.82. The summed E-state index contributed by atoms with van der Waals surface area (Å²) in [7, 11) is 0. The summed E-state index contributed by atoms with van der Waals surface area (Å²) in [5, 5.41) is 8.41. The molecule has 0 radical (unpaired) electrons. The molecule has 2 amide bonds. The molecule has 2 unspecified atom stereocenters. The molecule has 27 heavy (non-hydrogen) atoms. The molecule has 2 atom stereocenters. The van der Waals surface area contributed by atoms with E-state index >= 15 is 0 Å². The van der Waals surface area contributed by atoms with Gasteiger partial charge in [-0.25, -0.2) is 10.9 Å². The Morgan fingerprint density at radius 3 is 1.74 bits per heavy atom. The van der Waals surface area contributed by atoms with Crippen LogP contribution in [0.2, 0.25) is 0 Å². The van der Waals surface area contributed by atoms with Crippen molar-refractivity contribution in [2.45, 2.75) is 65.2 Å². The van der Waals surface area contributed by atoms with Gasteiger partial charge in [0.1, 0.15) is 0 Å². The van der Waals surface area contributed by atoms with E-state index in [0.717, 1.165) is 49.9 Å². The molecule has 0 spiro atoms. The fraction of sp³-hybridized carbons (Fsp3) is 0.600. The van der Waals surface area contributed by atoms with Crippen LogP contribution in [0.15, 0.2) is 26.8 Å². The Kier molecular flexibility index (Phi) is 6.42. The number of carbonyl (C=O) groups is 2. The predicted octanol–water partition coefficient (Wildman–Crippen LogP) is 3.87. The van der Waals surface area contributed by atoms with Crippen LogP contribution in [-0.2, 0) is 0 Å². The monoisotopic (exact) mass is 372 g/mol. The molecular formula is C20H28N4O3. The molecule has 2 N–H and O–H groups in total. The molecule has 146 valence electrons. The Hall–Kier alpha value is -2.44. The van der Waals surface area contributed by atoms with Crippen molar-refractivity contribution in [3.8, 4) is 0 Å². The van der Waals surface area contributed by atoms with E-state index in [-0.39, 0.29) is 11.5 Å². The van der Waals surface area contributed by atoms with Gasteiger partial charge in [-0.15, -0.1) is 0 Å². The van der Waals surface area contributed by atoms with Crippen molar-refractivity contribution in [2.24, 2.45) is 22.0 Å². The number of carbonyl (C=O) groups excluding carboxylic acids is 2. The Labute approximate surface area is 159 Å². The van der Waals surface area contributed by atoms with Crippen molar-refractivity contribution in [2.75, 3.05) is 0 Å². The molecule has 2 saturated carbocycles. The second kappa shape index (κ2) is 8.97. The van der Waals surface area contributed by atoms with Crippen LogP contribution in [0, 0.1) is 11.8 Å². The fourth-order valence-electron chi connectivity index (χ4n) is 3.68. The van der Waals surface area contributed by atoms with Gasteiger partial charge in [0, 0.05) is 11.4 Å². The van der Waals surface area contributed by atoms with Crippen LogP contribution in [0.1, 0.15) is 86.3 Å². The third kappa shape index (κ3) is 5.52. The first kappa shape index (κ1) is 19.3. The van der Waals surface area contributed by atoms with E-state index in [9.17, 15) is 9.59 Å². The molecule has 2 aliphatic rings. The maximum atomic E-state index is 12.2. The zero-order valence-corrected chi connectivity index (χ0v) is 16.1. The summed E-state index contributed by atoms with van der Waals surface area (Å²) in [6.45, 7) is 4.37. The highest BCUT2D eigenvalue weighted by atomic mass is 16.4. The largest absolute Gasteiger partial charge is 0.446 e. The number of nitrogens with one attached hydrogen (secondary N) is 2. The smallest absolute Gasteiger partial charge is 0.307 e. The summed E-state index contributed by atoms with van der Waals surface area (Å²) in [4.78, 5) is 24.3. The van der Waals surface area contributed by atoms with Gasteiger partial charge in [0.15, 0.2) is 11.5 Å². The summed E-state index contributed by atoms with van der Waals surface area (Å²) in [6, 6.07) is 2.95. The summed E-state index contributed by atoms with van der Waals surface area (Å²) in [6.07, 6.45) is 8.24. The zero-order chi connectivity index (χ0) is 19.2. The van der Waals surface area contributed by atoms with E-state index in [1.54, 1.807) is 0 Å². The van der Waals surface area contributed by atoms with E-state index in [0.29, 0.717) is 11.8 Å². The van der Waals surface area contributed by atoms with E-state index in [2.05, 4.69) is 34.9 Å². The Balaban J connectivity index is 1.54. The predicted molar refractivity (Wildman–Crippen MR) is 104 cm³/mol. The molecule has 0 aliphatic heterocycles. The van der Waals surface area contributed by atoms with Gasteiger partial charge in [0.05, 0.1) is 0 Å². The maximum Gasteiger partial charge on any atom is 0.307 e. The summed E-state index contributed by atoms with van der Waals surface area (Å²) in [5.74, 6) is 0.420. The Morgan fingerprint density at radius 1 is 0.889 bits per heavy atom. The minimum absolute atomic E-state index is 0.0623. The Morgan fingerprint density at radius 2 is 1.33 bits per heavy atom. The van der Waals surface area contributed by atoms with E-state index in [1.165, 1.54) is 25.0 Å². The molecule has 0 aromatic carbocycles. The minimum Gasteiger partial charge on any atom is -0.446 e. The van der Waals surface area contributed by atoms with Crippen molar-refractivity contribution < 1.29 is 14.0 Å². The van der Waals surface area contributed by atoms with Crippen LogP contribution in [-0.4, -0.2) is 23.2 Å². The van der Waals surface area contributed by atoms with Crippen LogP contribution in [0.25, 0.3) is 0 Å². The van der Waals surface area contributed by atoms with Gasteiger partial charge in [0.25, 0.3) is 0 Å². The standard InChI is InChI=1S/C20H28N4O3/c1-13-5-3-7-15(11-13)21-23-19(25)17-9-10-18(27-17)20(26)24-22-16-8-4-6-14(2)12-16/h9-10,13-14H,3-8,11-12H2,1-2H3,(H,23,25)(H,24,26). The van der Waals surface area contributed by atoms with E-state index in [4.69, 9.17) is 4.42 Å². The molecule has 2 fully saturated rings. The molecule has 7 nitrogen and oxygen atoms in total. The average molecular weight is 372 g/mol. The summed E-state index contributed by atoms with van der Waals surface area (Å²) in [5.41, 5.74) is 7.06. The van der Waals surface area contributed by atoms with Crippen molar-refractivity contribution in [1.29, 1.82) is 0 Å². The van der Waals surface area contributed by atoms with Gasteiger partial charge < -0.3 is 4.42 Å². The van der Waals surface area contributed by atoms with Gasteiger partial charge in [0.2, 0.25) is 0 Å². The number of hydrogen-bond acceptors (Lipinski definition) is 5. The van der Waals surface area contributed by atoms with Gasteiger partial charge in [-0.2, -0.15) is 10.2 Å². The fourth-order valence-corrected chi connectivity index (χ4v) is 3.68. The van der Waals surface area contributed by atoms with Crippen LogP contribution in [0.5, 0.6) is 0 Å². The number of hydrogen-bond donors (Lipinski definition) is 2. The van der Waals surface area contributed by atoms with E-state index < -0.39 is 11.8 Å². The summed E-state index contributed by atoms with van der Waals surface area (Å²) >= 11 is 0. The van der Waals surface area contributed by atoms with Crippen LogP contribution in [0.4, 0.5) is 0 Å². The maximum absolute atomic E-state index is 12.2. The molecule has 0 saturated heterocycles. The molecule has 0 bridgehead atoms. The third-order valence-electron chi connectivity index (χ3n) is 5.18. The van der Waals surface area contributed by atoms with Gasteiger partial charge in [-0.1, -0.05) is 13.8 Å². The lowest BCUT2D eigenvalue weighted by molar-refractivity contribution is 0.0901. The molecule has 1 aromatic rings. The lowest BCUT2D eigenvalue weighted by Crippen LogP contribution is -2.22. The highest BCUT2D eigenvalue weighted by molar-refractivity contribution is 5.97. The number of nitrogens with zero attached hydrogens (tertiary/aromatic N) is 2. The number of amides is 2. The normalized spacial score (nSPS) is 26.1. The molecule has 2 aliphatic carbocycles. The van der Waals surface area contributed by atoms with E-state index in [1.807, 2.05) is 0 Å². The second-order valence-corrected chi connectivity index (χ2v) is 7.80. The van der Waals surface area contributed by atoms with Gasteiger partial charge >= 0.3 is 11.8 Å². The number of hydrazone groups is 2. The quantitative estimate of drug-likeness (QED) is 0.785. The first-order valence-electron chi connectivity index (χ1n) is 9.82. The second-order valence-electron chi connectivity index (χ2n) is 7.80. The van der Waals surface area contributed by atoms with Gasteiger partial charge in [-0.05, 0) is 75.3 Å². The molecule has 3 rings (SSSR count). The zero-order valence-electron chi connectivity index (χ0n) is 16.1. The van der Waals surface area contributed by atoms with Crippen molar-refractivity contribution in [1.82, 2.24) is 10.9 Å². The van der Waals surface area contributed by atoms with Crippen LogP contribution < -0.4 is 10.9 Å². The lowest BCUT2D eigenvalue weighted by atomic mass is 9.89. The highest BCUT2D eigenvalue weighted by Gasteiger charge is 2.18. The SMILES string of the molecule is CC1CCCC(=NNC(=O)c2ccc(C(=O)NN=C3CCCC(C)C3)o2)C1. The number of furan rings is 1.